The average molecular weight is 622 g/mol. The van der Waals surface area contributed by atoms with E-state index in [1.165, 1.54) is 51.3 Å². The molecule has 1 saturated carbocycles. The first-order valence-electron chi connectivity index (χ1n) is 14.3. The Hall–Kier alpha value is -3.61. The molecule has 1 fully saturated rings. The summed E-state index contributed by atoms with van der Waals surface area (Å²) < 4.78 is 74.3. The zero-order valence-electron chi connectivity index (χ0n) is 24.7. The molecule has 13 heteroatoms. The molecule has 0 amide bonds. The quantitative estimate of drug-likeness (QED) is 0.230. The normalized spacial score (nSPS) is 14.1. The van der Waals surface area contributed by atoms with E-state index in [1.54, 1.807) is 11.0 Å². The minimum Gasteiger partial charge on any atom is -0.489 e. The Bertz CT molecular complexity index is 1450. The first kappa shape index (κ1) is 32.3. The number of sulfone groups is 1. The van der Waals surface area contributed by atoms with Gasteiger partial charge in [-0.25, -0.2) is 23.4 Å². The SMILES string of the molecule is CCN(CC1CCCC1)c1ccc(OC)nc1CN(Cc1cccc(C(F)(F)F)c1)c1ncc(OCCS(C)(=O)=O)cn1. The van der Waals surface area contributed by atoms with Crippen molar-refractivity contribution in [3.8, 4) is 11.6 Å². The fraction of sp³-hybridized carbons (Fsp3) is 0.500. The zero-order chi connectivity index (χ0) is 31.0. The van der Waals surface area contributed by atoms with E-state index in [0.29, 0.717) is 23.1 Å². The minimum absolute atomic E-state index is 0.0551. The van der Waals surface area contributed by atoms with E-state index < -0.39 is 21.6 Å². The summed E-state index contributed by atoms with van der Waals surface area (Å²) in [7, 11) is -1.67. The molecule has 0 radical (unpaired) electrons. The number of alkyl halides is 3. The van der Waals surface area contributed by atoms with Gasteiger partial charge < -0.3 is 19.3 Å². The number of ether oxygens (including phenoxy) is 2. The summed E-state index contributed by atoms with van der Waals surface area (Å²) >= 11 is 0. The second-order valence-electron chi connectivity index (χ2n) is 10.8. The molecule has 4 rings (SSSR count). The van der Waals surface area contributed by atoms with Crippen LogP contribution >= 0.6 is 0 Å². The van der Waals surface area contributed by atoms with Gasteiger partial charge in [-0.2, -0.15) is 13.2 Å². The lowest BCUT2D eigenvalue weighted by Gasteiger charge is -2.30. The van der Waals surface area contributed by atoms with Crippen molar-refractivity contribution in [2.75, 3.05) is 48.6 Å². The fourth-order valence-electron chi connectivity index (χ4n) is 5.20. The van der Waals surface area contributed by atoms with Crippen LogP contribution in [-0.2, 0) is 29.1 Å². The molecule has 0 atom stereocenters. The number of anilines is 2. The van der Waals surface area contributed by atoms with E-state index in [0.717, 1.165) is 37.2 Å². The van der Waals surface area contributed by atoms with Crippen molar-refractivity contribution < 1.29 is 31.1 Å². The Morgan fingerprint density at radius 3 is 2.37 bits per heavy atom. The van der Waals surface area contributed by atoms with Crippen molar-refractivity contribution >= 4 is 21.5 Å². The summed E-state index contributed by atoms with van der Waals surface area (Å²) in [5.41, 5.74) is 1.29. The van der Waals surface area contributed by atoms with E-state index in [2.05, 4.69) is 21.8 Å². The third-order valence-electron chi connectivity index (χ3n) is 7.40. The number of hydrogen-bond acceptors (Lipinski definition) is 9. The number of pyridine rings is 1. The van der Waals surface area contributed by atoms with Gasteiger partial charge in [0.15, 0.2) is 15.6 Å². The van der Waals surface area contributed by atoms with Crippen LogP contribution in [0, 0.1) is 5.92 Å². The van der Waals surface area contributed by atoms with Gasteiger partial charge in [0.25, 0.3) is 0 Å². The summed E-state index contributed by atoms with van der Waals surface area (Å²) in [5.74, 6) is 1.39. The number of aromatic nitrogens is 3. The fourth-order valence-corrected chi connectivity index (χ4v) is 5.58. The first-order valence-corrected chi connectivity index (χ1v) is 16.3. The molecular weight excluding hydrogens is 583 g/mol. The van der Waals surface area contributed by atoms with Crippen molar-refractivity contribution in [2.45, 2.75) is 51.9 Å². The third kappa shape index (κ3) is 9.44. The highest BCUT2D eigenvalue weighted by molar-refractivity contribution is 7.90. The lowest BCUT2D eigenvalue weighted by molar-refractivity contribution is -0.137. The molecule has 0 unspecified atom stereocenters. The van der Waals surface area contributed by atoms with E-state index in [-0.39, 0.29) is 37.1 Å². The molecule has 2 aromatic heterocycles. The van der Waals surface area contributed by atoms with Crippen LogP contribution in [0.2, 0.25) is 0 Å². The molecule has 1 aliphatic carbocycles. The minimum atomic E-state index is -4.48. The van der Waals surface area contributed by atoms with Crippen molar-refractivity contribution in [1.82, 2.24) is 15.0 Å². The van der Waals surface area contributed by atoms with Gasteiger partial charge in [-0.05, 0) is 49.4 Å². The maximum absolute atomic E-state index is 13.5. The lowest BCUT2D eigenvalue weighted by atomic mass is 10.1. The largest absolute Gasteiger partial charge is 0.489 e. The maximum atomic E-state index is 13.5. The smallest absolute Gasteiger partial charge is 0.416 e. The molecule has 0 bridgehead atoms. The van der Waals surface area contributed by atoms with E-state index >= 15 is 0 Å². The molecule has 1 aromatic carbocycles. The molecule has 2 heterocycles. The Morgan fingerprint density at radius 2 is 1.74 bits per heavy atom. The second-order valence-corrected chi connectivity index (χ2v) is 13.0. The predicted molar refractivity (Wildman–Crippen MR) is 159 cm³/mol. The molecule has 234 valence electrons. The van der Waals surface area contributed by atoms with Crippen LogP contribution in [0.15, 0.2) is 48.8 Å². The summed E-state index contributed by atoms with van der Waals surface area (Å²) in [6.45, 7) is 3.96. The van der Waals surface area contributed by atoms with E-state index in [4.69, 9.17) is 14.5 Å². The van der Waals surface area contributed by atoms with Crippen molar-refractivity contribution in [1.29, 1.82) is 0 Å². The topological polar surface area (TPSA) is 97.7 Å². The third-order valence-corrected chi connectivity index (χ3v) is 8.31. The summed E-state index contributed by atoms with van der Waals surface area (Å²) in [4.78, 5) is 17.6. The number of nitrogens with zero attached hydrogens (tertiary/aromatic N) is 5. The maximum Gasteiger partial charge on any atom is 0.416 e. The second kappa shape index (κ2) is 14.2. The van der Waals surface area contributed by atoms with Crippen LogP contribution in [0.5, 0.6) is 11.6 Å². The van der Waals surface area contributed by atoms with Crippen LogP contribution in [-0.4, -0.2) is 62.2 Å². The summed E-state index contributed by atoms with van der Waals surface area (Å²) in [6.07, 6.45) is 4.30. The van der Waals surface area contributed by atoms with Crippen molar-refractivity contribution in [2.24, 2.45) is 5.92 Å². The van der Waals surface area contributed by atoms with Crippen molar-refractivity contribution in [3.63, 3.8) is 0 Å². The Kier molecular flexibility index (Phi) is 10.7. The van der Waals surface area contributed by atoms with Crippen LogP contribution in [0.3, 0.4) is 0 Å². The standard InChI is InChI=1S/C30H38F3N5O4S/c1-4-37(19-22-8-5-6-9-22)27-12-13-28(41-2)36-26(27)21-38(20-23-10-7-11-24(16-23)30(31,32)33)29-34-17-25(18-35-29)42-14-15-43(3,39)40/h7,10-13,16-18,22H,4-6,8-9,14-15,19-21H2,1-3H3. The monoisotopic (exact) mass is 621 g/mol. The van der Waals surface area contributed by atoms with Gasteiger partial charge in [0.05, 0.1) is 48.7 Å². The van der Waals surface area contributed by atoms with Gasteiger partial charge in [-0.3, -0.25) is 0 Å². The van der Waals surface area contributed by atoms with E-state index in [9.17, 15) is 21.6 Å². The molecule has 0 N–H and O–H groups in total. The molecule has 0 saturated heterocycles. The Labute approximate surface area is 251 Å². The number of methoxy groups -OCH3 is 1. The Morgan fingerprint density at radius 1 is 1.02 bits per heavy atom. The van der Waals surface area contributed by atoms with Gasteiger partial charge in [0.1, 0.15) is 6.61 Å². The van der Waals surface area contributed by atoms with Gasteiger partial charge in [-0.1, -0.05) is 25.0 Å². The highest BCUT2D eigenvalue weighted by Crippen LogP contribution is 2.32. The van der Waals surface area contributed by atoms with Crippen LogP contribution in [0.25, 0.3) is 0 Å². The molecule has 0 aliphatic heterocycles. The zero-order valence-corrected chi connectivity index (χ0v) is 25.5. The van der Waals surface area contributed by atoms with Gasteiger partial charge in [0, 0.05) is 32.0 Å². The molecular formula is C30H38F3N5O4S. The van der Waals surface area contributed by atoms with E-state index in [1.807, 2.05) is 12.1 Å². The number of hydrogen-bond donors (Lipinski definition) is 0. The molecule has 0 spiro atoms. The number of rotatable bonds is 14. The number of benzene rings is 1. The van der Waals surface area contributed by atoms with Crippen molar-refractivity contribution in [3.05, 3.63) is 65.6 Å². The molecule has 43 heavy (non-hydrogen) atoms. The molecule has 3 aromatic rings. The Balaban J connectivity index is 1.66. The summed E-state index contributed by atoms with van der Waals surface area (Å²) in [6, 6.07) is 8.95. The van der Waals surface area contributed by atoms with Crippen LogP contribution in [0.4, 0.5) is 24.8 Å². The predicted octanol–water partition coefficient (Wildman–Crippen LogP) is 5.55. The highest BCUT2D eigenvalue weighted by Gasteiger charge is 2.30. The lowest BCUT2D eigenvalue weighted by Crippen LogP contribution is -2.31. The van der Waals surface area contributed by atoms with Gasteiger partial charge in [-0.15, -0.1) is 0 Å². The van der Waals surface area contributed by atoms with Crippen LogP contribution in [0.1, 0.15) is 49.4 Å². The van der Waals surface area contributed by atoms with Gasteiger partial charge >= 0.3 is 6.18 Å². The average Bonchev–Trinajstić information content (AvgIpc) is 3.48. The number of halogens is 3. The highest BCUT2D eigenvalue weighted by atomic mass is 32.2. The summed E-state index contributed by atoms with van der Waals surface area (Å²) in [5, 5.41) is 0. The van der Waals surface area contributed by atoms with Gasteiger partial charge in [0.2, 0.25) is 11.8 Å². The van der Waals surface area contributed by atoms with Crippen LogP contribution < -0.4 is 19.3 Å². The molecule has 9 nitrogen and oxygen atoms in total. The first-order chi connectivity index (χ1) is 20.4. The molecule has 1 aliphatic rings.